The van der Waals surface area contributed by atoms with Crippen LogP contribution in [0, 0.1) is 5.82 Å². The van der Waals surface area contributed by atoms with Crippen molar-refractivity contribution >= 4 is 0 Å². The lowest BCUT2D eigenvalue weighted by molar-refractivity contribution is 0.0553. The van der Waals surface area contributed by atoms with Gasteiger partial charge >= 0.3 is 0 Å². The van der Waals surface area contributed by atoms with Gasteiger partial charge in [0.1, 0.15) is 5.82 Å². The number of halogens is 1. The number of hydrogen-bond donors (Lipinski definition) is 1. The molecule has 0 aliphatic heterocycles. The minimum Gasteiger partial charge on any atom is -0.385 e. The van der Waals surface area contributed by atoms with Gasteiger partial charge in [-0.2, -0.15) is 5.10 Å². The Labute approximate surface area is 119 Å². The first-order chi connectivity index (χ1) is 9.46. The molecule has 0 amide bonds. The highest BCUT2D eigenvalue weighted by Crippen LogP contribution is 2.26. The molecule has 0 radical (unpaired) electrons. The molecule has 0 bridgehead atoms. The smallest absolute Gasteiger partial charge is 0.123 e. The molecule has 20 heavy (non-hydrogen) atoms. The monoisotopic (exact) mass is 276 g/mol. The van der Waals surface area contributed by atoms with Gasteiger partial charge in [0.25, 0.3) is 0 Å². The Hall–Kier alpha value is -1.68. The lowest BCUT2D eigenvalue weighted by atomic mass is 9.91. The van der Waals surface area contributed by atoms with Crippen LogP contribution < -0.4 is 0 Å². The Morgan fingerprint density at radius 2 is 1.90 bits per heavy atom. The van der Waals surface area contributed by atoms with Crippen LogP contribution >= 0.6 is 0 Å². The summed E-state index contributed by atoms with van der Waals surface area (Å²) in [6.07, 6.45) is 1.33. The molecule has 3 nitrogen and oxygen atoms in total. The van der Waals surface area contributed by atoms with Gasteiger partial charge in [0.05, 0.1) is 11.3 Å². The second-order valence-corrected chi connectivity index (χ2v) is 5.25. The fraction of sp³-hybridized carbons (Fsp3) is 0.438. The van der Waals surface area contributed by atoms with Crippen molar-refractivity contribution in [1.82, 2.24) is 9.78 Å². The summed E-state index contributed by atoms with van der Waals surface area (Å²) in [7, 11) is 0. The van der Waals surface area contributed by atoms with E-state index in [2.05, 4.69) is 12.0 Å². The van der Waals surface area contributed by atoms with Crippen LogP contribution in [0.15, 0.2) is 30.3 Å². The molecule has 1 aromatic carbocycles. The fourth-order valence-corrected chi connectivity index (χ4v) is 2.37. The molecule has 0 aliphatic rings. The van der Waals surface area contributed by atoms with Crippen molar-refractivity contribution in [3.63, 3.8) is 0 Å². The van der Waals surface area contributed by atoms with Crippen LogP contribution in [0.25, 0.3) is 0 Å². The third-order valence-corrected chi connectivity index (χ3v) is 3.57. The van der Waals surface area contributed by atoms with E-state index in [1.54, 1.807) is 19.1 Å². The zero-order valence-electron chi connectivity index (χ0n) is 12.2. The van der Waals surface area contributed by atoms with Gasteiger partial charge in [-0.05, 0) is 44.0 Å². The maximum absolute atomic E-state index is 13.0. The number of nitrogens with zero attached hydrogens (tertiary/aromatic N) is 2. The molecule has 4 heteroatoms. The molecular formula is C16H21FN2O. The quantitative estimate of drug-likeness (QED) is 0.911. The van der Waals surface area contributed by atoms with E-state index in [1.807, 2.05) is 17.7 Å². The van der Waals surface area contributed by atoms with Crippen LogP contribution in [0.2, 0.25) is 0 Å². The number of hydrogen-bond acceptors (Lipinski definition) is 2. The molecule has 0 saturated carbocycles. The van der Waals surface area contributed by atoms with Crippen LogP contribution in [-0.2, 0) is 25.0 Å². The van der Waals surface area contributed by atoms with Crippen molar-refractivity contribution < 1.29 is 9.50 Å². The zero-order valence-corrected chi connectivity index (χ0v) is 12.2. The molecule has 1 heterocycles. The first kappa shape index (κ1) is 14.7. The SMILES string of the molecule is CCc1cc(CC(C)(O)c2ccc(F)cc2)n(CC)n1. The Morgan fingerprint density at radius 3 is 2.45 bits per heavy atom. The van der Waals surface area contributed by atoms with E-state index in [9.17, 15) is 9.50 Å². The highest BCUT2D eigenvalue weighted by atomic mass is 19.1. The van der Waals surface area contributed by atoms with E-state index < -0.39 is 5.60 Å². The molecule has 0 spiro atoms. The van der Waals surface area contributed by atoms with E-state index in [-0.39, 0.29) is 5.82 Å². The molecule has 1 aromatic heterocycles. The summed E-state index contributed by atoms with van der Waals surface area (Å²) < 4.78 is 14.9. The van der Waals surface area contributed by atoms with Crippen LogP contribution in [-0.4, -0.2) is 14.9 Å². The van der Waals surface area contributed by atoms with Crippen molar-refractivity contribution in [2.75, 3.05) is 0 Å². The molecule has 1 N–H and O–H groups in total. The van der Waals surface area contributed by atoms with Crippen molar-refractivity contribution in [3.05, 3.63) is 53.1 Å². The Bertz CT molecular complexity index is 573. The van der Waals surface area contributed by atoms with E-state index in [1.165, 1.54) is 12.1 Å². The van der Waals surface area contributed by atoms with Gasteiger partial charge in [-0.3, -0.25) is 4.68 Å². The summed E-state index contributed by atoms with van der Waals surface area (Å²) in [5, 5.41) is 15.2. The predicted molar refractivity (Wildman–Crippen MR) is 77.0 cm³/mol. The van der Waals surface area contributed by atoms with Gasteiger partial charge in [-0.25, -0.2) is 4.39 Å². The molecule has 108 valence electrons. The largest absolute Gasteiger partial charge is 0.385 e. The van der Waals surface area contributed by atoms with E-state index in [0.717, 1.165) is 24.4 Å². The molecule has 0 fully saturated rings. The molecule has 2 rings (SSSR count). The maximum atomic E-state index is 13.0. The third-order valence-electron chi connectivity index (χ3n) is 3.57. The molecule has 2 aromatic rings. The molecule has 1 atom stereocenters. The number of benzene rings is 1. The van der Waals surface area contributed by atoms with Gasteiger partial charge < -0.3 is 5.11 Å². The summed E-state index contributed by atoms with van der Waals surface area (Å²) in [4.78, 5) is 0. The Morgan fingerprint density at radius 1 is 1.25 bits per heavy atom. The third kappa shape index (κ3) is 3.07. The summed E-state index contributed by atoms with van der Waals surface area (Å²) in [6.45, 7) is 6.61. The van der Waals surface area contributed by atoms with Crippen LogP contribution in [0.4, 0.5) is 4.39 Å². The molecule has 0 aliphatic carbocycles. The summed E-state index contributed by atoms with van der Waals surface area (Å²) in [5.41, 5.74) is 1.70. The topological polar surface area (TPSA) is 38.0 Å². The standard InChI is InChI=1S/C16H21FN2O/c1-4-14-10-15(19(5-2)18-14)11-16(3,20)12-6-8-13(17)9-7-12/h6-10,20H,4-5,11H2,1-3H3. The van der Waals surface area contributed by atoms with Crippen LogP contribution in [0.1, 0.15) is 37.7 Å². The first-order valence-corrected chi connectivity index (χ1v) is 7.00. The maximum Gasteiger partial charge on any atom is 0.123 e. The Kier molecular flexibility index (Phi) is 4.23. The van der Waals surface area contributed by atoms with E-state index in [4.69, 9.17) is 0 Å². The minimum atomic E-state index is -1.04. The predicted octanol–water partition coefficient (Wildman–Crippen LogP) is 3.05. The lowest BCUT2D eigenvalue weighted by Gasteiger charge is -2.24. The minimum absolute atomic E-state index is 0.295. The van der Waals surface area contributed by atoms with Gasteiger partial charge in [0, 0.05) is 18.7 Å². The van der Waals surface area contributed by atoms with Crippen molar-refractivity contribution in [1.29, 1.82) is 0 Å². The van der Waals surface area contributed by atoms with Crippen molar-refractivity contribution in [2.24, 2.45) is 0 Å². The second-order valence-electron chi connectivity index (χ2n) is 5.25. The van der Waals surface area contributed by atoms with E-state index in [0.29, 0.717) is 12.0 Å². The van der Waals surface area contributed by atoms with Gasteiger partial charge in [0.2, 0.25) is 0 Å². The van der Waals surface area contributed by atoms with Crippen molar-refractivity contribution in [3.8, 4) is 0 Å². The number of rotatable bonds is 5. The lowest BCUT2D eigenvalue weighted by Crippen LogP contribution is -2.25. The average Bonchev–Trinajstić information content (AvgIpc) is 2.80. The normalized spacial score (nSPS) is 14.2. The van der Waals surface area contributed by atoms with Crippen LogP contribution in [0.3, 0.4) is 0 Å². The van der Waals surface area contributed by atoms with Gasteiger partial charge in [0.15, 0.2) is 0 Å². The Balaban J connectivity index is 2.27. The first-order valence-electron chi connectivity index (χ1n) is 7.00. The van der Waals surface area contributed by atoms with Gasteiger partial charge in [-0.15, -0.1) is 0 Å². The fourth-order valence-electron chi connectivity index (χ4n) is 2.37. The zero-order chi connectivity index (χ0) is 14.8. The highest BCUT2D eigenvalue weighted by Gasteiger charge is 2.25. The average molecular weight is 276 g/mol. The summed E-state index contributed by atoms with van der Waals surface area (Å²) >= 11 is 0. The van der Waals surface area contributed by atoms with Gasteiger partial charge in [-0.1, -0.05) is 19.1 Å². The molecular weight excluding hydrogens is 255 g/mol. The molecule has 1 unspecified atom stereocenters. The summed E-state index contributed by atoms with van der Waals surface area (Å²) in [5.74, 6) is -0.295. The van der Waals surface area contributed by atoms with E-state index >= 15 is 0 Å². The van der Waals surface area contributed by atoms with Crippen LogP contribution in [0.5, 0.6) is 0 Å². The number of aryl methyl sites for hydroxylation is 2. The molecule has 0 saturated heterocycles. The number of aliphatic hydroxyl groups is 1. The second kappa shape index (κ2) is 5.75. The van der Waals surface area contributed by atoms with Crippen molar-refractivity contribution in [2.45, 2.75) is 45.8 Å². The highest BCUT2D eigenvalue weighted by molar-refractivity contribution is 5.25. The summed E-state index contributed by atoms with van der Waals surface area (Å²) in [6, 6.07) is 8.03. The number of aromatic nitrogens is 2.